The maximum atomic E-state index is 13.1. The number of halogens is 1. The lowest BCUT2D eigenvalue weighted by Crippen LogP contribution is -2.60. The first kappa shape index (κ1) is 16.1. The fraction of sp³-hybridized carbons (Fsp3) is 0.667. The monoisotopic (exact) mass is 329 g/mol. The summed E-state index contributed by atoms with van der Waals surface area (Å²) in [6, 6.07) is 6.57. The molecule has 0 aliphatic heterocycles. The highest BCUT2D eigenvalue weighted by molar-refractivity contribution is 5.83. The van der Waals surface area contributed by atoms with Crippen LogP contribution in [0.15, 0.2) is 24.3 Å². The molecule has 0 spiro atoms. The Morgan fingerprint density at radius 1 is 1.08 bits per heavy atom. The van der Waals surface area contributed by atoms with Gasteiger partial charge in [-0.1, -0.05) is 26.0 Å². The van der Waals surface area contributed by atoms with E-state index in [0.717, 1.165) is 37.2 Å². The van der Waals surface area contributed by atoms with Crippen LogP contribution in [0.25, 0.3) is 0 Å². The summed E-state index contributed by atoms with van der Waals surface area (Å²) in [4.78, 5) is 13.1. The van der Waals surface area contributed by atoms with E-state index in [-0.39, 0.29) is 17.1 Å². The van der Waals surface area contributed by atoms with Crippen LogP contribution in [0.3, 0.4) is 0 Å². The fourth-order valence-corrected chi connectivity index (χ4v) is 6.86. The van der Waals surface area contributed by atoms with Crippen LogP contribution in [0.5, 0.6) is 0 Å². The number of amides is 1. The SMILES string of the molecule is CC12CC3CC(C)(C1)CC(C(=O)NCCc1ccc(F)cc1)(C3)C2. The normalized spacial score (nSPS) is 39.9. The quantitative estimate of drug-likeness (QED) is 0.867. The first-order chi connectivity index (χ1) is 11.3. The molecule has 1 amide bonds. The minimum atomic E-state index is -0.210. The lowest BCUT2D eigenvalue weighted by atomic mass is 9.40. The van der Waals surface area contributed by atoms with Crippen LogP contribution in [-0.2, 0) is 11.2 Å². The molecule has 4 bridgehead atoms. The molecule has 2 nitrogen and oxygen atoms in total. The number of nitrogens with one attached hydrogen (secondary N) is 1. The van der Waals surface area contributed by atoms with E-state index in [2.05, 4.69) is 19.2 Å². The molecule has 4 aliphatic carbocycles. The molecule has 24 heavy (non-hydrogen) atoms. The van der Waals surface area contributed by atoms with E-state index in [1.54, 1.807) is 12.1 Å². The molecule has 130 valence electrons. The van der Waals surface area contributed by atoms with Gasteiger partial charge in [0, 0.05) is 6.54 Å². The molecular formula is C21H28FNO. The highest BCUT2D eigenvalue weighted by atomic mass is 19.1. The van der Waals surface area contributed by atoms with Crippen LogP contribution in [0, 0.1) is 28.0 Å². The van der Waals surface area contributed by atoms with Gasteiger partial charge in [-0.15, -0.1) is 0 Å². The molecule has 4 saturated carbocycles. The summed E-state index contributed by atoms with van der Waals surface area (Å²) in [6.07, 6.45) is 7.89. The van der Waals surface area contributed by atoms with Gasteiger partial charge in [0.15, 0.2) is 0 Å². The minimum Gasteiger partial charge on any atom is -0.355 e. The number of hydrogen-bond acceptors (Lipinski definition) is 1. The third-order valence-corrected chi connectivity index (χ3v) is 6.72. The average Bonchev–Trinajstić information content (AvgIpc) is 2.45. The predicted molar refractivity (Wildman–Crippen MR) is 93.0 cm³/mol. The third-order valence-electron chi connectivity index (χ3n) is 6.72. The molecule has 0 heterocycles. The average molecular weight is 329 g/mol. The Labute approximate surface area is 144 Å². The minimum absolute atomic E-state index is 0.133. The number of carbonyl (C=O) groups excluding carboxylic acids is 1. The molecule has 5 rings (SSSR count). The maximum Gasteiger partial charge on any atom is 0.226 e. The van der Waals surface area contributed by atoms with Gasteiger partial charge in [0.25, 0.3) is 0 Å². The number of rotatable bonds is 4. The van der Waals surface area contributed by atoms with E-state index in [9.17, 15) is 9.18 Å². The van der Waals surface area contributed by atoms with Crippen molar-refractivity contribution in [3.05, 3.63) is 35.6 Å². The van der Waals surface area contributed by atoms with Crippen molar-refractivity contribution in [3.63, 3.8) is 0 Å². The van der Waals surface area contributed by atoms with Crippen molar-refractivity contribution in [1.82, 2.24) is 5.32 Å². The van der Waals surface area contributed by atoms with Crippen LogP contribution >= 0.6 is 0 Å². The van der Waals surface area contributed by atoms with Crippen LogP contribution in [0.4, 0.5) is 4.39 Å². The highest BCUT2D eigenvalue weighted by Gasteiger charge is 2.62. The molecule has 1 aromatic rings. The van der Waals surface area contributed by atoms with E-state index in [1.807, 2.05) is 0 Å². The zero-order chi connectivity index (χ0) is 17.0. The summed E-state index contributed by atoms with van der Waals surface area (Å²) in [5.41, 5.74) is 1.66. The molecule has 1 N–H and O–H groups in total. The molecule has 2 unspecified atom stereocenters. The van der Waals surface area contributed by atoms with E-state index in [4.69, 9.17) is 0 Å². The molecule has 0 aromatic heterocycles. The summed E-state index contributed by atoms with van der Waals surface area (Å²) in [5, 5.41) is 3.20. The molecule has 0 radical (unpaired) electrons. The second-order valence-corrected chi connectivity index (χ2v) is 9.54. The van der Waals surface area contributed by atoms with Crippen LogP contribution in [0.1, 0.15) is 57.9 Å². The molecule has 1 aromatic carbocycles. The van der Waals surface area contributed by atoms with Gasteiger partial charge in [-0.3, -0.25) is 4.79 Å². The first-order valence-corrected chi connectivity index (χ1v) is 9.33. The number of benzene rings is 1. The largest absolute Gasteiger partial charge is 0.355 e. The molecule has 4 aliphatic rings. The van der Waals surface area contributed by atoms with Crippen molar-refractivity contribution >= 4 is 5.91 Å². The molecular weight excluding hydrogens is 301 g/mol. The first-order valence-electron chi connectivity index (χ1n) is 9.33. The van der Waals surface area contributed by atoms with Gasteiger partial charge >= 0.3 is 0 Å². The molecule has 2 atom stereocenters. The van der Waals surface area contributed by atoms with Gasteiger partial charge in [0.1, 0.15) is 5.82 Å². The summed E-state index contributed by atoms with van der Waals surface area (Å²) >= 11 is 0. The van der Waals surface area contributed by atoms with E-state index >= 15 is 0 Å². The Morgan fingerprint density at radius 2 is 1.71 bits per heavy atom. The summed E-state index contributed by atoms with van der Waals surface area (Å²) < 4.78 is 13.0. The topological polar surface area (TPSA) is 29.1 Å². The number of hydrogen-bond donors (Lipinski definition) is 1. The predicted octanol–water partition coefficient (Wildman–Crippen LogP) is 4.48. The Balaban J connectivity index is 1.42. The molecule has 0 saturated heterocycles. The molecule has 3 heteroatoms. The van der Waals surface area contributed by atoms with Gasteiger partial charge in [0.05, 0.1) is 5.41 Å². The van der Waals surface area contributed by atoms with Gasteiger partial charge in [-0.05, 0) is 79.4 Å². The Morgan fingerprint density at radius 3 is 2.29 bits per heavy atom. The second-order valence-electron chi connectivity index (χ2n) is 9.54. The smallest absolute Gasteiger partial charge is 0.226 e. The maximum absolute atomic E-state index is 13.1. The van der Waals surface area contributed by atoms with Gasteiger partial charge in [-0.25, -0.2) is 4.39 Å². The zero-order valence-electron chi connectivity index (χ0n) is 14.8. The van der Waals surface area contributed by atoms with Gasteiger partial charge < -0.3 is 5.32 Å². The van der Waals surface area contributed by atoms with Crippen molar-refractivity contribution in [2.75, 3.05) is 6.54 Å². The van der Waals surface area contributed by atoms with Crippen LogP contribution in [-0.4, -0.2) is 12.5 Å². The van der Waals surface area contributed by atoms with Gasteiger partial charge in [0.2, 0.25) is 5.91 Å². The fourth-order valence-electron chi connectivity index (χ4n) is 6.86. The van der Waals surface area contributed by atoms with E-state index < -0.39 is 0 Å². The van der Waals surface area contributed by atoms with Crippen molar-refractivity contribution in [3.8, 4) is 0 Å². The highest BCUT2D eigenvalue weighted by Crippen LogP contribution is 2.69. The molecule has 4 fully saturated rings. The standard InChI is InChI=1S/C21H28FNO/c1-19-9-16-10-20(2,12-19)14-21(11-16,13-19)18(24)23-8-7-15-3-5-17(22)6-4-15/h3-6,16H,7-14H2,1-2H3,(H,23,24). The summed E-state index contributed by atoms with van der Waals surface area (Å²) in [7, 11) is 0. The van der Waals surface area contributed by atoms with E-state index in [1.165, 1.54) is 31.4 Å². The Hall–Kier alpha value is -1.38. The lowest BCUT2D eigenvalue weighted by molar-refractivity contribution is -0.170. The van der Waals surface area contributed by atoms with Crippen molar-refractivity contribution < 1.29 is 9.18 Å². The summed E-state index contributed by atoms with van der Waals surface area (Å²) in [5.74, 6) is 0.795. The van der Waals surface area contributed by atoms with Crippen LogP contribution < -0.4 is 5.32 Å². The van der Waals surface area contributed by atoms with Crippen LogP contribution in [0.2, 0.25) is 0 Å². The lowest BCUT2D eigenvalue weighted by Gasteiger charge is -2.64. The summed E-state index contributed by atoms with van der Waals surface area (Å²) in [6.45, 7) is 5.44. The van der Waals surface area contributed by atoms with Crippen molar-refractivity contribution in [2.24, 2.45) is 22.2 Å². The zero-order valence-corrected chi connectivity index (χ0v) is 14.8. The Bertz CT molecular complexity index is 634. The number of carbonyl (C=O) groups is 1. The Kier molecular flexibility index (Phi) is 3.56. The van der Waals surface area contributed by atoms with Gasteiger partial charge in [-0.2, -0.15) is 0 Å². The third kappa shape index (κ3) is 2.76. The van der Waals surface area contributed by atoms with E-state index in [0.29, 0.717) is 17.4 Å². The van der Waals surface area contributed by atoms with Crippen molar-refractivity contribution in [1.29, 1.82) is 0 Å². The second kappa shape index (κ2) is 5.31. The van der Waals surface area contributed by atoms with Crippen molar-refractivity contribution in [2.45, 2.75) is 58.8 Å².